The third-order valence-corrected chi connectivity index (χ3v) is 2.50. The van der Waals surface area contributed by atoms with E-state index in [1.54, 1.807) is 17.6 Å². The zero-order valence-corrected chi connectivity index (χ0v) is 8.95. The summed E-state index contributed by atoms with van der Waals surface area (Å²) in [6.45, 7) is 1.41. The van der Waals surface area contributed by atoms with Crippen molar-refractivity contribution in [3.8, 4) is 0 Å². The highest BCUT2D eigenvalue weighted by atomic mass is 32.1. The Balaban J connectivity index is 2.53. The molecule has 1 heterocycles. The number of hydrogen-bond acceptors (Lipinski definition) is 3. The summed E-state index contributed by atoms with van der Waals surface area (Å²) in [6.07, 6.45) is -4.01. The Kier molecular flexibility index (Phi) is 3.84. The van der Waals surface area contributed by atoms with Gasteiger partial charge in [-0.25, -0.2) is 13.8 Å². The van der Waals surface area contributed by atoms with E-state index in [-0.39, 0.29) is 6.54 Å². The maximum atomic E-state index is 12.5. The van der Waals surface area contributed by atoms with Crippen molar-refractivity contribution < 1.29 is 22.4 Å². The van der Waals surface area contributed by atoms with Crippen LogP contribution < -0.4 is 5.32 Å². The van der Waals surface area contributed by atoms with Crippen molar-refractivity contribution in [3.05, 3.63) is 16.1 Å². The van der Waals surface area contributed by atoms with Crippen LogP contribution >= 0.6 is 11.3 Å². The molecule has 90 valence electrons. The monoisotopic (exact) mass is 256 g/mol. The summed E-state index contributed by atoms with van der Waals surface area (Å²) < 4.78 is 48.5. The number of nitrogens with zero attached hydrogens (tertiary/aromatic N) is 1. The van der Waals surface area contributed by atoms with E-state index in [2.05, 4.69) is 4.98 Å². The van der Waals surface area contributed by atoms with E-state index in [0.717, 1.165) is 0 Å². The Morgan fingerprint density at radius 2 is 2.25 bits per heavy atom. The molecule has 8 heteroatoms. The molecule has 0 radical (unpaired) electrons. The molecular formula is C8H8F4N2OS. The zero-order chi connectivity index (χ0) is 12.3. The first kappa shape index (κ1) is 12.9. The van der Waals surface area contributed by atoms with Crippen LogP contribution in [0.4, 0.5) is 17.6 Å². The van der Waals surface area contributed by atoms with Crippen LogP contribution in [0, 0.1) is 6.92 Å². The number of aromatic nitrogens is 1. The van der Waals surface area contributed by atoms with Gasteiger partial charge in [0.15, 0.2) is 0 Å². The molecule has 0 bridgehead atoms. The van der Waals surface area contributed by atoms with Gasteiger partial charge in [0.1, 0.15) is 0 Å². The molecule has 1 aromatic rings. The van der Waals surface area contributed by atoms with Crippen molar-refractivity contribution >= 4 is 17.2 Å². The summed E-state index contributed by atoms with van der Waals surface area (Å²) in [7, 11) is 0. The van der Waals surface area contributed by atoms with Gasteiger partial charge in [-0.1, -0.05) is 0 Å². The largest absolute Gasteiger partial charge is 0.383 e. The molecular weight excluding hydrogens is 248 g/mol. The Morgan fingerprint density at radius 1 is 1.62 bits per heavy atom. The van der Waals surface area contributed by atoms with Crippen LogP contribution in [0.5, 0.6) is 0 Å². The molecule has 0 unspecified atom stereocenters. The summed E-state index contributed by atoms with van der Waals surface area (Å²) in [5.41, 5.74) is 0.362. The number of thiazole rings is 1. The lowest BCUT2D eigenvalue weighted by atomic mass is 10.3. The number of nitrogens with one attached hydrogen (secondary N) is 1. The predicted molar refractivity (Wildman–Crippen MR) is 49.6 cm³/mol. The minimum Gasteiger partial charge on any atom is -0.345 e. The summed E-state index contributed by atoms with van der Waals surface area (Å²) in [4.78, 5) is 14.6. The van der Waals surface area contributed by atoms with Crippen molar-refractivity contribution in [2.75, 3.05) is 0 Å². The molecule has 1 amide bonds. The van der Waals surface area contributed by atoms with E-state index in [1.165, 1.54) is 11.3 Å². The first-order valence-corrected chi connectivity index (χ1v) is 5.07. The Bertz CT molecular complexity index is 380. The first-order chi connectivity index (χ1) is 7.34. The summed E-state index contributed by atoms with van der Waals surface area (Å²) in [5.74, 6) is -6.65. The second kappa shape index (κ2) is 4.77. The Morgan fingerprint density at radius 3 is 2.69 bits per heavy atom. The highest BCUT2D eigenvalue weighted by Gasteiger charge is 2.48. The normalized spacial score (nSPS) is 11.9. The topological polar surface area (TPSA) is 42.0 Å². The van der Waals surface area contributed by atoms with Gasteiger partial charge in [-0.15, -0.1) is 11.3 Å². The quantitative estimate of drug-likeness (QED) is 0.837. The smallest absolute Gasteiger partial charge is 0.345 e. The number of rotatable bonds is 4. The number of carbonyl (C=O) groups excluding carboxylic acids is 1. The fraction of sp³-hybridized carbons (Fsp3) is 0.500. The maximum Gasteiger partial charge on any atom is 0.383 e. The molecule has 0 atom stereocenters. The van der Waals surface area contributed by atoms with Gasteiger partial charge in [0, 0.05) is 5.38 Å². The minimum atomic E-state index is -4.66. The molecule has 0 aromatic carbocycles. The van der Waals surface area contributed by atoms with Crippen molar-refractivity contribution in [1.29, 1.82) is 0 Å². The fourth-order valence-electron chi connectivity index (χ4n) is 0.877. The molecule has 1 rings (SSSR count). The lowest BCUT2D eigenvalue weighted by Crippen LogP contribution is -2.44. The molecule has 0 fully saturated rings. The molecule has 0 saturated carbocycles. The number of carbonyl (C=O) groups is 1. The molecule has 1 aromatic heterocycles. The van der Waals surface area contributed by atoms with Crippen molar-refractivity contribution in [1.82, 2.24) is 10.3 Å². The summed E-state index contributed by atoms with van der Waals surface area (Å²) in [5, 5.41) is 3.96. The van der Waals surface area contributed by atoms with Gasteiger partial charge in [0.2, 0.25) is 0 Å². The molecule has 3 nitrogen and oxygen atoms in total. The maximum absolute atomic E-state index is 12.5. The minimum absolute atomic E-state index is 0.286. The predicted octanol–water partition coefficient (Wildman–Crippen LogP) is 1.97. The van der Waals surface area contributed by atoms with E-state index < -0.39 is 18.3 Å². The lowest BCUT2D eigenvalue weighted by molar-refractivity contribution is -0.169. The average molecular weight is 256 g/mol. The Hall–Kier alpha value is -1.18. The molecule has 0 aliphatic rings. The van der Waals surface area contributed by atoms with Crippen LogP contribution in [0.3, 0.4) is 0 Å². The van der Waals surface area contributed by atoms with Crippen LogP contribution in [0.2, 0.25) is 0 Å². The van der Waals surface area contributed by atoms with Crippen LogP contribution in [0.15, 0.2) is 5.38 Å². The van der Waals surface area contributed by atoms with E-state index in [1.807, 2.05) is 0 Å². The van der Waals surface area contributed by atoms with E-state index in [9.17, 15) is 22.4 Å². The highest BCUT2D eigenvalue weighted by molar-refractivity contribution is 7.09. The van der Waals surface area contributed by atoms with Gasteiger partial charge in [-0.3, -0.25) is 4.79 Å². The molecule has 0 saturated heterocycles. The van der Waals surface area contributed by atoms with Crippen LogP contribution in [0.25, 0.3) is 0 Å². The van der Waals surface area contributed by atoms with Gasteiger partial charge in [-0.2, -0.15) is 8.78 Å². The highest BCUT2D eigenvalue weighted by Crippen LogP contribution is 2.22. The van der Waals surface area contributed by atoms with E-state index >= 15 is 0 Å². The number of halogens is 4. The van der Waals surface area contributed by atoms with E-state index in [4.69, 9.17) is 0 Å². The first-order valence-electron chi connectivity index (χ1n) is 4.19. The number of aryl methyl sites for hydroxylation is 1. The van der Waals surface area contributed by atoms with Crippen molar-refractivity contribution in [3.63, 3.8) is 0 Å². The standard InChI is InChI=1S/C8H8F4N2OS/c1-4-14-5(3-16-4)2-13-7(15)8(11,12)6(9)10/h3,6H,2H2,1H3,(H,13,15). The van der Waals surface area contributed by atoms with Gasteiger partial charge < -0.3 is 5.32 Å². The Labute approximate surface area is 92.5 Å². The number of hydrogen-bond donors (Lipinski definition) is 1. The molecule has 0 aliphatic heterocycles. The van der Waals surface area contributed by atoms with Gasteiger partial charge in [0.25, 0.3) is 5.91 Å². The van der Waals surface area contributed by atoms with Crippen LogP contribution in [0.1, 0.15) is 10.7 Å². The average Bonchev–Trinajstić information content (AvgIpc) is 2.60. The summed E-state index contributed by atoms with van der Waals surface area (Å²) >= 11 is 1.27. The summed E-state index contributed by atoms with van der Waals surface area (Å²) in [6, 6.07) is 0. The van der Waals surface area contributed by atoms with Crippen LogP contribution in [-0.4, -0.2) is 23.2 Å². The lowest BCUT2D eigenvalue weighted by Gasteiger charge is -2.13. The van der Waals surface area contributed by atoms with Gasteiger partial charge in [0.05, 0.1) is 17.2 Å². The van der Waals surface area contributed by atoms with Crippen molar-refractivity contribution in [2.24, 2.45) is 0 Å². The second-order valence-corrected chi connectivity index (χ2v) is 4.03. The second-order valence-electron chi connectivity index (χ2n) is 2.96. The SMILES string of the molecule is Cc1nc(CNC(=O)C(F)(F)C(F)F)cs1. The number of alkyl halides is 4. The molecule has 0 aliphatic carbocycles. The number of amides is 1. The molecule has 0 spiro atoms. The molecule has 1 N–H and O–H groups in total. The third-order valence-electron chi connectivity index (χ3n) is 1.67. The van der Waals surface area contributed by atoms with E-state index in [0.29, 0.717) is 10.7 Å². The fourth-order valence-corrected chi connectivity index (χ4v) is 1.49. The third kappa shape index (κ3) is 2.91. The zero-order valence-electron chi connectivity index (χ0n) is 8.14. The van der Waals surface area contributed by atoms with Crippen LogP contribution in [-0.2, 0) is 11.3 Å². The van der Waals surface area contributed by atoms with Gasteiger partial charge >= 0.3 is 12.3 Å². The molecule has 16 heavy (non-hydrogen) atoms. The van der Waals surface area contributed by atoms with Crippen molar-refractivity contribution in [2.45, 2.75) is 25.8 Å². The van der Waals surface area contributed by atoms with Gasteiger partial charge in [-0.05, 0) is 6.92 Å².